The highest BCUT2D eigenvalue weighted by molar-refractivity contribution is 5.86. The van der Waals surface area contributed by atoms with Crippen LogP contribution in [0.1, 0.15) is 25.0 Å². The van der Waals surface area contributed by atoms with Gasteiger partial charge in [0.25, 0.3) is 0 Å². The van der Waals surface area contributed by atoms with Crippen LogP contribution in [0, 0.1) is 12.8 Å². The third kappa shape index (κ3) is 5.89. The molecule has 0 unspecified atom stereocenters. The van der Waals surface area contributed by atoms with Crippen molar-refractivity contribution in [1.29, 1.82) is 0 Å². The molecule has 4 heteroatoms. The fourth-order valence-corrected chi connectivity index (χ4v) is 1.69. The van der Waals surface area contributed by atoms with Crippen LogP contribution in [0.4, 0.5) is 0 Å². The van der Waals surface area contributed by atoms with Gasteiger partial charge >= 0.3 is 5.97 Å². The Balaban J connectivity index is 2.61. The Morgan fingerprint density at radius 3 is 2.75 bits per heavy atom. The lowest BCUT2D eigenvalue weighted by Crippen LogP contribution is -2.11. The zero-order valence-electron chi connectivity index (χ0n) is 12.3. The first kappa shape index (κ1) is 16.2. The molecule has 0 fully saturated rings. The Morgan fingerprint density at radius 1 is 1.35 bits per heavy atom. The van der Waals surface area contributed by atoms with Crippen LogP contribution in [0.2, 0.25) is 0 Å². The van der Waals surface area contributed by atoms with Crippen LogP contribution in [0.25, 0.3) is 6.08 Å². The maximum Gasteiger partial charge on any atom is 0.328 e. The molecule has 0 amide bonds. The van der Waals surface area contributed by atoms with Gasteiger partial charge in [0.2, 0.25) is 0 Å². The minimum Gasteiger partial charge on any atom is -0.490 e. The summed E-state index contributed by atoms with van der Waals surface area (Å²) in [5.74, 6) is 0.235. The van der Waals surface area contributed by atoms with E-state index in [1.54, 1.807) is 6.08 Å². The maximum atomic E-state index is 10.6. The van der Waals surface area contributed by atoms with Crippen LogP contribution in [0.3, 0.4) is 0 Å². The molecule has 0 heterocycles. The summed E-state index contributed by atoms with van der Waals surface area (Å²) in [7, 11) is 0. The van der Waals surface area contributed by atoms with Gasteiger partial charge in [-0.15, -0.1) is 0 Å². The summed E-state index contributed by atoms with van der Waals surface area (Å²) in [5.41, 5.74) is 1.73. The molecule has 1 N–H and O–H groups in total. The zero-order valence-corrected chi connectivity index (χ0v) is 12.3. The lowest BCUT2D eigenvalue weighted by atomic mass is 10.1. The van der Waals surface area contributed by atoms with E-state index in [2.05, 4.69) is 13.8 Å². The molecule has 0 saturated heterocycles. The molecule has 0 aliphatic heterocycles. The highest BCUT2D eigenvalue weighted by Gasteiger charge is 2.05. The van der Waals surface area contributed by atoms with Crippen LogP contribution >= 0.6 is 0 Å². The average molecular weight is 278 g/mol. The van der Waals surface area contributed by atoms with Gasteiger partial charge in [0.15, 0.2) is 0 Å². The minimum atomic E-state index is -0.974. The lowest BCUT2D eigenvalue weighted by molar-refractivity contribution is -0.131. The molecule has 0 bridgehead atoms. The molecule has 0 aliphatic carbocycles. The summed E-state index contributed by atoms with van der Waals surface area (Å²) in [6.07, 6.45) is 2.65. The number of carboxylic acids is 1. The second kappa shape index (κ2) is 8.38. The van der Waals surface area contributed by atoms with Crippen molar-refractivity contribution in [2.24, 2.45) is 5.92 Å². The van der Waals surface area contributed by atoms with Crippen molar-refractivity contribution in [2.45, 2.75) is 20.8 Å². The van der Waals surface area contributed by atoms with Crippen LogP contribution < -0.4 is 4.74 Å². The van der Waals surface area contributed by atoms with Gasteiger partial charge in [0.05, 0.1) is 6.61 Å². The molecule has 0 aromatic heterocycles. The van der Waals surface area contributed by atoms with Crippen LogP contribution in [0.5, 0.6) is 5.75 Å². The molecule has 0 aliphatic rings. The molecule has 4 nitrogen and oxygen atoms in total. The fraction of sp³-hybridized carbons (Fsp3) is 0.438. The molecule has 1 rings (SSSR count). The molecule has 0 saturated carbocycles. The molecule has 0 radical (unpaired) electrons. The van der Waals surface area contributed by atoms with Crippen molar-refractivity contribution >= 4 is 12.0 Å². The monoisotopic (exact) mass is 278 g/mol. The Hall–Kier alpha value is -1.81. The van der Waals surface area contributed by atoms with Gasteiger partial charge in [-0.1, -0.05) is 32.0 Å². The smallest absolute Gasteiger partial charge is 0.328 e. The molecule has 110 valence electrons. The Bertz CT molecular complexity index is 464. The van der Waals surface area contributed by atoms with Gasteiger partial charge in [-0.3, -0.25) is 0 Å². The predicted molar refractivity (Wildman–Crippen MR) is 79.0 cm³/mol. The number of hydrogen-bond donors (Lipinski definition) is 1. The van der Waals surface area contributed by atoms with E-state index in [1.165, 1.54) is 0 Å². The van der Waals surface area contributed by atoms with E-state index in [-0.39, 0.29) is 0 Å². The average Bonchev–Trinajstić information content (AvgIpc) is 2.37. The molecule has 0 atom stereocenters. The first-order chi connectivity index (χ1) is 9.50. The SMILES string of the molecule is Cc1cccc(/C=C/C(=O)O)c1OCCOCC(C)C. The number of aryl methyl sites for hydroxylation is 1. The fourth-order valence-electron chi connectivity index (χ4n) is 1.69. The summed E-state index contributed by atoms with van der Waals surface area (Å²) in [5, 5.41) is 8.69. The number of carboxylic acid groups (broad SMARTS) is 1. The van der Waals surface area contributed by atoms with Gasteiger partial charge in [0.1, 0.15) is 12.4 Å². The number of rotatable bonds is 8. The number of ether oxygens (including phenoxy) is 2. The van der Waals surface area contributed by atoms with Crippen LogP contribution in [-0.2, 0) is 9.53 Å². The van der Waals surface area contributed by atoms with E-state index in [4.69, 9.17) is 14.6 Å². The highest BCUT2D eigenvalue weighted by Crippen LogP contribution is 2.24. The van der Waals surface area contributed by atoms with Gasteiger partial charge in [-0.05, 0) is 24.5 Å². The van der Waals surface area contributed by atoms with Crippen LogP contribution in [-0.4, -0.2) is 30.9 Å². The standard InChI is InChI=1S/C16H22O4/c1-12(2)11-19-9-10-20-16-13(3)5-4-6-14(16)7-8-15(17)18/h4-8,12H,9-11H2,1-3H3,(H,17,18)/b8-7+. The lowest BCUT2D eigenvalue weighted by Gasteiger charge is -2.13. The van der Waals surface area contributed by atoms with Crippen molar-refractivity contribution in [3.8, 4) is 5.75 Å². The zero-order chi connectivity index (χ0) is 15.0. The summed E-state index contributed by atoms with van der Waals surface area (Å²) >= 11 is 0. The maximum absolute atomic E-state index is 10.6. The van der Waals surface area contributed by atoms with Crippen LogP contribution in [0.15, 0.2) is 24.3 Å². The molecular formula is C16H22O4. The van der Waals surface area contributed by atoms with Crippen molar-refractivity contribution in [1.82, 2.24) is 0 Å². The Labute approximate surface area is 120 Å². The van der Waals surface area contributed by atoms with Crippen molar-refractivity contribution < 1.29 is 19.4 Å². The first-order valence-electron chi connectivity index (χ1n) is 6.72. The minimum absolute atomic E-state index is 0.450. The Morgan fingerprint density at radius 2 is 2.10 bits per heavy atom. The van der Waals surface area contributed by atoms with E-state index in [0.29, 0.717) is 31.5 Å². The van der Waals surface area contributed by atoms with Crippen molar-refractivity contribution in [3.63, 3.8) is 0 Å². The topological polar surface area (TPSA) is 55.8 Å². The number of benzene rings is 1. The van der Waals surface area contributed by atoms with E-state index < -0.39 is 5.97 Å². The summed E-state index contributed by atoms with van der Waals surface area (Å²) in [6, 6.07) is 5.64. The summed E-state index contributed by atoms with van der Waals surface area (Å²) < 4.78 is 11.2. The van der Waals surface area contributed by atoms with Crippen molar-refractivity contribution in [2.75, 3.05) is 19.8 Å². The highest BCUT2D eigenvalue weighted by atomic mass is 16.5. The molecule has 20 heavy (non-hydrogen) atoms. The van der Waals surface area contributed by atoms with Gasteiger partial charge in [-0.2, -0.15) is 0 Å². The summed E-state index contributed by atoms with van der Waals surface area (Å²) in [4.78, 5) is 10.6. The van der Waals surface area contributed by atoms with Gasteiger partial charge < -0.3 is 14.6 Å². The van der Waals surface area contributed by atoms with E-state index in [1.807, 2.05) is 25.1 Å². The normalized spacial score (nSPS) is 11.2. The molecule has 1 aromatic carbocycles. The van der Waals surface area contributed by atoms with E-state index >= 15 is 0 Å². The second-order valence-corrected chi connectivity index (χ2v) is 4.98. The predicted octanol–water partition coefficient (Wildman–Crippen LogP) is 3.14. The first-order valence-corrected chi connectivity index (χ1v) is 6.72. The Kier molecular flexibility index (Phi) is 6.81. The third-order valence-electron chi connectivity index (χ3n) is 2.57. The van der Waals surface area contributed by atoms with Gasteiger partial charge in [-0.25, -0.2) is 4.79 Å². The van der Waals surface area contributed by atoms with E-state index in [9.17, 15) is 4.79 Å². The third-order valence-corrected chi connectivity index (χ3v) is 2.57. The number of aliphatic carboxylic acids is 1. The molecular weight excluding hydrogens is 256 g/mol. The largest absolute Gasteiger partial charge is 0.490 e. The molecule has 0 spiro atoms. The van der Waals surface area contributed by atoms with Gasteiger partial charge in [0, 0.05) is 18.2 Å². The quantitative estimate of drug-likeness (QED) is 0.586. The summed E-state index contributed by atoms with van der Waals surface area (Å²) in [6.45, 7) is 7.80. The van der Waals surface area contributed by atoms with E-state index in [0.717, 1.165) is 17.2 Å². The number of hydrogen-bond acceptors (Lipinski definition) is 3. The van der Waals surface area contributed by atoms with Crippen molar-refractivity contribution in [3.05, 3.63) is 35.4 Å². The number of carbonyl (C=O) groups is 1. The second-order valence-electron chi connectivity index (χ2n) is 4.98. The molecule has 1 aromatic rings. The number of para-hydroxylation sites is 1.